The summed E-state index contributed by atoms with van der Waals surface area (Å²) in [5.41, 5.74) is 0.401. The van der Waals surface area contributed by atoms with Gasteiger partial charge < -0.3 is 24.4 Å². The third-order valence-corrected chi connectivity index (χ3v) is 16.1. The number of rotatable bonds is 14. The number of hydrogen-bond acceptors (Lipinski definition) is 10. The molecule has 2 N–H and O–H groups in total. The SMILES string of the molecule is CCCCOC(=O)[C@H](C)NP(=O)(Oc1ccccc1)C(F)c1ccc2sc(C(=O)N[C@H]3CCCC[C@H]4CC[C@@H](C(=O)N5C[C@@H](c6cccnc6)[C@@H](C#N)C56CC6)N4C3=O)cc2c1. The molecule has 8 atom stereocenters. The van der Waals surface area contributed by atoms with Crippen LogP contribution in [0.1, 0.15) is 111 Å². The Morgan fingerprint density at radius 1 is 1.06 bits per heavy atom. The molecule has 1 aliphatic carbocycles. The lowest BCUT2D eigenvalue weighted by Gasteiger charge is -2.37. The lowest BCUT2D eigenvalue weighted by molar-refractivity contribution is -0.148. The first kappa shape index (κ1) is 43.5. The number of esters is 1. The largest absolute Gasteiger partial charge is 0.465 e. The number of para-hydroxylation sites is 1. The molecule has 3 amide bonds. The number of unbranched alkanes of at least 4 members (excludes halogenated alkanes) is 1. The minimum atomic E-state index is -4.47. The van der Waals surface area contributed by atoms with Crippen molar-refractivity contribution >= 4 is 52.6 Å². The van der Waals surface area contributed by atoms with E-state index in [4.69, 9.17) is 9.26 Å². The Labute approximate surface area is 364 Å². The Morgan fingerprint density at radius 2 is 1.85 bits per heavy atom. The predicted octanol–water partition coefficient (Wildman–Crippen LogP) is 8.19. The predicted molar refractivity (Wildman–Crippen MR) is 232 cm³/mol. The number of fused-ring (bicyclic) bond motifs is 2. The maximum Gasteiger partial charge on any atom is 0.355 e. The molecule has 3 aliphatic heterocycles. The number of nitrogens with one attached hydrogen (secondary N) is 2. The van der Waals surface area contributed by atoms with Crippen LogP contribution in [-0.2, 0) is 23.7 Å². The van der Waals surface area contributed by atoms with Crippen molar-refractivity contribution in [3.05, 3.63) is 95.1 Å². The van der Waals surface area contributed by atoms with E-state index >= 15 is 4.39 Å². The van der Waals surface area contributed by atoms with Gasteiger partial charge in [-0.2, -0.15) is 5.26 Å². The molecule has 326 valence electrons. The van der Waals surface area contributed by atoms with Crippen molar-refractivity contribution in [1.82, 2.24) is 25.2 Å². The summed E-state index contributed by atoms with van der Waals surface area (Å²) in [5.74, 6) is -4.14. The number of halogens is 1. The van der Waals surface area contributed by atoms with Gasteiger partial charge in [-0.1, -0.05) is 56.5 Å². The second-order valence-electron chi connectivity index (χ2n) is 17.0. The van der Waals surface area contributed by atoms with Crippen LogP contribution in [0.25, 0.3) is 10.1 Å². The fourth-order valence-electron chi connectivity index (χ4n) is 9.52. The molecule has 13 nitrogen and oxygen atoms in total. The Bertz CT molecular complexity index is 2390. The fourth-order valence-corrected chi connectivity index (χ4v) is 12.4. The zero-order chi connectivity index (χ0) is 43.6. The van der Waals surface area contributed by atoms with Crippen LogP contribution in [-0.4, -0.2) is 81.3 Å². The fraction of sp³-hybridized carbons (Fsp3) is 0.478. The monoisotopic (exact) mass is 882 g/mol. The van der Waals surface area contributed by atoms with Crippen LogP contribution >= 0.6 is 18.9 Å². The molecule has 1 saturated carbocycles. The first-order valence-corrected chi connectivity index (χ1v) is 24.2. The van der Waals surface area contributed by atoms with E-state index < -0.39 is 49.0 Å². The summed E-state index contributed by atoms with van der Waals surface area (Å²) in [5, 5.41) is 16.4. The second-order valence-corrected chi connectivity index (χ2v) is 20.1. The Hall–Kier alpha value is -5.16. The summed E-state index contributed by atoms with van der Waals surface area (Å²) in [7, 11) is -4.47. The number of carbonyl (C=O) groups is 4. The number of likely N-dealkylation sites (tertiary alicyclic amines) is 1. The Morgan fingerprint density at radius 3 is 2.58 bits per heavy atom. The zero-order valence-corrected chi connectivity index (χ0v) is 36.6. The molecule has 2 aromatic heterocycles. The molecule has 0 bridgehead atoms. The van der Waals surface area contributed by atoms with Crippen molar-refractivity contribution in [2.45, 2.75) is 120 Å². The van der Waals surface area contributed by atoms with Gasteiger partial charge in [-0.05, 0) is 105 Å². The number of aromatic nitrogens is 1. The van der Waals surface area contributed by atoms with Crippen molar-refractivity contribution in [2.75, 3.05) is 13.2 Å². The van der Waals surface area contributed by atoms with Gasteiger partial charge in [-0.3, -0.25) is 28.7 Å². The number of thiophene rings is 1. The molecule has 16 heteroatoms. The quantitative estimate of drug-likeness (QED) is 0.0715. The molecular weight excluding hydrogens is 831 g/mol. The van der Waals surface area contributed by atoms with Crippen LogP contribution in [0.5, 0.6) is 5.75 Å². The normalized spacial score (nSPS) is 24.9. The van der Waals surface area contributed by atoms with Gasteiger partial charge in [0.15, 0.2) is 0 Å². The topological polar surface area (TPSA) is 171 Å². The summed E-state index contributed by atoms with van der Waals surface area (Å²) < 4.78 is 42.7. The lowest BCUT2D eigenvalue weighted by atomic mass is 9.85. The molecule has 0 radical (unpaired) electrons. The number of pyridine rings is 1. The molecule has 2 aromatic carbocycles. The number of ether oxygens (including phenoxy) is 1. The summed E-state index contributed by atoms with van der Waals surface area (Å²) in [6.45, 7) is 3.97. The molecule has 2 unspecified atom stereocenters. The molecule has 4 aromatic rings. The number of benzene rings is 2. The maximum absolute atomic E-state index is 16.6. The maximum atomic E-state index is 16.6. The van der Waals surface area contributed by atoms with Crippen LogP contribution in [0.3, 0.4) is 0 Å². The lowest BCUT2D eigenvalue weighted by Crippen LogP contribution is -2.57. The van der Waals surface area contributed by atoms with E-state index in [0.717, 1.165) is 44.1 Å². The first-order chi connectivity index (χ1) is 30.0. The van der Waals surface area contributed by atoms with Crippen molar-refractivity contribution in [3.8, 4) is 11.8 Å². The highest BCUT2D eigenvalue weighted by Gasteiger charge is 2.64. The third kappa shape index (κ3) is 8.61. The number of amides is 3. The van der Waals surface area contributed by atoms with Gasteiger partial charge in [0.25, 0.3) is 5.91 Å². The summed E-state index contributed by atoms with van der Waals surface area (Å²) >= 11 is 1.18. The number of alkyl halides is 1. The van der Waals surface area contributed by atoms with E-state index in [1.807, 2.05) is 24.0 Å². The van der Waals surface area contributed by atoms with Crippen molar-refractivity contribution in [3.63, 3.8) is 0 Å². The standard InChI is InChI=1S/C46H52FN6O7PS/c1-3-4-23-59-45(57)29(2)51-61(58,60-34-13-6-5-7-14-34)41(47)30-16-19-39-32(24-30)25-40(62-39)42(54)50-37-15-9-8-12-33-17-18-38(53(33)43(37)55)44(56)52-28-35(31-11-10-22-49-27-31)36(26-48)46(52)20-21-46/h5-7,10-11,13-14,16,19,22,24-25,27,29,33,35-38,41H,3-4,8-9,12,15,17-18,20-21,23,28H2,1-2H3,(H,50,54)(H,51,58)/t29-,33-,35-,36+,37-,38-,41?,61?/m0/s1. The Balaban J connectivity index is 0.986. The molecular formula is C46H52FN6O7PS. The van der Waals surface area contributed by atoms with Crippen molar-refractivity contribution in [1.29, 1.82) is 5.26 Å². The van der Waals surface area contributed by atoms with Gasteiger partial charge in [0, 0.05) is 35.6 Å². The number of nitriles is 1. The molecule has 5 heterocycles. The summed E-state index contributed by atoms with van der Waals surface area (Å²) in [6, 6.07) is 17.9. The minimum absolute atomic E-state index is 0.0189. The van der Waals surface area contributed by atoms with Crippen molar-refractivity contribution < 1.29 is 37.4 Å². The van der Waals surface area contributed by atoms with Gasteiger partial charge in [0.2, 0.25) is 17.7 Å². The minimum Gasteiger partial charge on any atom is -0.465 e. The van der Waals surface area contributed by atoms with E-state index in [1.54, 1.807) is 59.8 Å². The van der Waals surface area contributed by atoms with E-state index in [0.29, 0.717) is 47.2 Å². The molecule has 1 spiro atoms. The van der Waals surface area contributed by atoms with E-state index in [1.165, 1.54) is 30.4 Å². The van der Waals surface area contributed by atoms with Gasteiger partial charge in [0.1, 0.15) is 23.9 Å². The van der Waals surface area contributed by atoms with E-state index in [-0.39, 0.29) is 47.6 Å². The summed E-state index contributed by atoms with van der Waals surface area (Å²) in [6.07, 6.45) is 10.4. The zero-order valence-electron chi connectivity index (χ0n) is 34.9. The van der Waals surface area contributed by atoms with Crippen LogP contribution < -0.4 is 14.9 Å². The van der Waals surface area contributed by atoms with Crippen molar-refractivity contribution in [2.24, 2.45) is 5.92 Å². The highest BCUT2D eigenvalue weighted by Crippen LogP contribution is 2.59. The van der Waals surface area contributed by atoms with Crippen LogP contribution in [0.2, 0.25) is 0 Å². The smallest absolute Gasteiger partial charge is 0.355 e. The molecule has 4 aliphatic rings. The third-order valence-electron chi connectivity index (χ3n) is 12.9. The average molecular weight is 883 g/mol. The molecule has 4 fully saturated rings. The van der Waals surface area contributed by atoms with Gasteiger partial charge in [-0.15, -0.1) is 11.3 Å². The van der Waals surface area contributed by atoms with E-state index in [9.17, 15) is 29.0 Å². The van der Waals surface area contributed by atoms with Gasteiger partial charge in [-0.25, -0.2) is 9.48 Å². The van der Waals surface area contributed by atoms with Gasteiger partial charge in [0.05, 0.1) is 29.0 Å². The number of carbonyl (C=O) groups excluding carboxylic acids is 4. The molecule has 3 saturated heterocycles. The second kappa shape index (κ2) is 18.3. The number of nitrogens with zero attached hydrogens (tertiary/aromatic N) is 4. The molecule has 62 heavy (non-hydrogen) atoms. The van der Waals surface area contributed by atoms with E-state index in [2.05, 4.69) is 21.5 Å². The molecule has 8 rings (SSSR count). The summed E-state index contributed by atoms with van der Waals surface area (Å²) in [4.78, 5) is 64.0. The number of hydrogen-bond donors (Lipinski definition) is 2. The van der Waals surface area contributed by atoms with Crippen LogP contribution in [0.15, 0.2) is 79.1 Å². The van der Waals surface area contributed by atoms with Crippen LogP contribution in [0, 0.1) is 17.2 Å². The van der Waals surface area contributed by atoms with Gasteiger partial charge >= 0.3 is 13.5 Å². The average Bonchev–Trinajstić information content (AvgIpc) is 3.60. The first-order valence-electron chi connectivity index (χ1n) is 21.7. The highest BCUT2D eigenvalue weighted by atomic mass is 32.1. The van der Waals surface area contributed by atoms with Crippen LogP contribution in [0.4, 0.5) is 4.39 Å². The Kier molecular flexibility index (Phi) is 12.8. The highest BCUT2D eigenvalue weighted by molar-refractivity contribution is 7.57.